The first-order valence-electron chi connectivity index (χ1n) is 9.66. The van der Waals surface area contributed by atoms with Gasteiger partial charge in [-0.1, -0.05) is 18.2 Å². The number of primary amides is 2. The van der Waals surface area contributed by atoms with E-state index in [0.717, 1.165) is 18.2 Å². The van der Waals surface area contributed by atoms with Gasteiger partial charge in [0.05, 0.1) is 11.4 Å². The molecule has 33 heavy (non-hydrogen) atoms. The molecule has 0 aliphatic carbocycles. The van der Waals surface area contributed by atoms with Gasteiger partial charge in [0.25, 0.3) is 0 Å². The molecular formula is C24H16F3N3O3. The second kappa shape index (κ2) is 8.62. The lowest BCUT2D eigenvalue weighted by molar-refractivity contribution is -0.118. The molecule has 1 heterocycles. The summed E-state index contributed by atoms with van der Waals surface area (Å²) in [6.07, 6.45) is -1.09. The zero-order valence-electron chi connectivity index (χ0n) is 16.9. The van der Waals surface area contributed by atoms with Crippen molar-refractivity contribution in [3.8, 4) is 17.0 Å². The Labute approximate surface area is 185 Å². The first-order chi connectivity index (χ1) is 15.8. The summed E-state index contributed by atoms with van der Waals surface area (Å²) in [7, 11) is 0. The maximum atomic E-state index is 14.6. The topological polar surface area (TPSA) is 108 Å². The van der Waals surface area contributed by atoms with Gasteiger partial charge in [0, 0.05) is 21.9 Å². The van der Waals surface area contributed by atoms with Crippen LogP contribution in [-0.4, -0.2) is 17.0 Å². The van der Waals surface area contributed by atoms with Crippen molar-refractivity contribution in [3.05, 3.63) is 95.4 Å². The van der Waals surface area contributed by atoms with Gasteiger partial charge < -0.3 is 16.2 Å². The van der Waals surface area contributed by atoms with Crippen LogP contribution in [0.4, 0.5) is 18.0 Å². The van der Waals surface area contributed by atoms with Crippen LogP contribution in [0.15, 0.2) is 66.7 Å². The van der Waals surface area contributed by atoms with Crippen molar-refractivity contribution in [3.63, 3.8) is 0 Å². The Hall–Kier alpha value is -4.40. The van der Waals surface area contributed by atoms with Gasteiger partial charge >= 0.3 is 6.09 Å². The maximum Gasteiger partial charge on any atom is 0.409 e. The summed E-state index contributed by atoms with van der Waals surface area (Å²) >= 11 is 0. The largest absolute Gasteiger partial charge is 0.410 e. The van der Waals surface area contributed by atoms with Crippen molar-refractivity contribution in [2.75, 3.05) is 0 Å². The number of amides is 2. The lowest BCUT2D eigenvalue weighted by Crippen LogP contribution is -2.25. The molecule has 1 atom stereocenters. The molecule has 0 radical (unpaired) electrons. The summed E-state index contributed by atoms with van der Waals surface area (Å²) in [6.45, 7) is 0. The Balaban J connectivity index is 2.06. The third-order valence-corrected chi connectivity index (χ3v) is 5.05. The predicted octanol–water partition coefficient (Wildman–Crippen LogP) is 4.39. The van der Waals surface area contributed by atoms with Crippen molar-refractivity contribution >= 4 is 22.8 Å². The SMILES string of the molecule is NC(=O)Oc1cccc2c(-c3ccc(F)cc3)nc(C(C(N)=O)c3c(F)cccc3F)cc12. The van der Waals surface area contributed by atoms with E-state index in [1.54, 1.807) is 12.1 Å². The Kier molecular flexibility index (Phi) is 5.70. The number of hydrogen-bond donors (Lipinski definition) is 2. The van der Waals surface area contributed by atoms with Gasteiger partial charge in [-0.25, -0.2) is 18.0 Å². The number of pyridine rings is 1. The van der Waals surface area contributed by atoms with Crippen molar-refractivity contribution in [2.24, 2.45) is 11.5 Å². The van der Waals surface area contributed by atoms with Crippen molar-refractivity contribution in [2.45, 2.75) is 5.92 Å². The lowest BCUT2D eigenvalue weighted by atomic mass is 9.91. The van der Waals surface area contributed by atoms with E-state index in [1.807, 2.05) is 0 Å². The van der Waals surface area contributed by atoms with E-state index in [9.17, 15) is 22.8 Å². The van der Waals surface area contributed by atoms with E-state index in [4.69, 9.17) is 16.2 Å². The smallest absolute Gasteiger partial charge is 0.409 e. The monoisotopic (exact) mass is 451 g/mol. The Morgan fingerprint density at radius 1 is 0.848 bits per heavy atom. The predicted molar refractivity (Wildman–Crippen MR) is 115 cm³/mol. The minimum Gasteiger partial charge on any atom is -0.410 e. The maximum absolute atomic E-state index is 14.6. The number of carbonyl (C=O) groups excluding carboxylic acids is 2. The fourth-order valence-electron chi connectivity index (χ4n) is 3.66. The number of rotatable bonds is 5. The fourth-order valence-corrected chi connectivity index (χ4v) is 3.66. The summed E-state index contributed by atoms with van der Waals surface area (Å²) in [5.74, 6) is -5.07. The van der Waals surface area contributed by atoms with Crippen molar-refractivity contribution in [1.82, 2.24) is 4.98 Å². The second-order valence-electron chi connectivity index (χ2n) is 7.15. The number of nitrogens with zero attached hydrogens (tertiary/aromatic N) is 1. The van der Waals surface area contributed by atoms with Crippen molar-refractivity contribution in [1.29, 1.82) is 0 Å². The molecule has 0 aliphatic heterocycles. The van der Waals surface area contributed by atoms with Gasteiger partial charge in [-0.15, -0.1) is 0 Å². The zero-order valence-corrected chi connectivity index (χ0v) is 16.9. The summed E-state index contributed by atoms with van der Waals surface area (Å²) < 4.78 is 47.7. The molecule has 3 aromatic carbocycles. The minimum absolute atomic E-state index is 0.0317. The van der Waals surface area contributed by atoms with Crippen LogP contribution in [0.1, 0.15) is 17.2 Å². The third kappa shape index (κ3) is 4.20. The molecule has 0 aliphatic rings. The highest BCUT2D eigenvalue weighted by Crippen LogP contribution is 2.37. The Morgan fingerprint density at radius 2 is 1.48 bits per heavy atom. The van der Waals surface area contributed by atoms with E-state index in [1.165, 1.54) is 36.4 Å². The highest BCUT2D eigenvalue weighted by molar-refractivity contribution is 6.00. The molecule has 0 spiro atoms. The molecule has 2 amide bonds. The number of hydrogen-bond acceptors (Lipinski definition) is 4. The van der Waals surface area contributed by atoms with E-state index >= 15 is 0 Å². The van der Waals surface area contributed by atoms with E-state index in [2.05, 4.69) is 4.98 Å². The number of fused-ring (bicyclic) bond motifs is 1. The molecule has 4 rings (SSSR count). The fraction of sp³-hybridized carbons (Fsp3) is 0.0417. The van der Waals surface area contributed by atoms with Crippen LogP contribution in [0, 0.1) is 17.5 Å². The normalized spacial score (nSPS) is 11.8. The van der Waals surface area contributed by atoms with Crippen molar-refractivity contribution < 1.29 is 27.5 Å². The summed E-state index contributed by atoms with van der Waals surface area (Å²) in [6, 6.07) is 14.5. The standard InChI is InChI=1S/C24H16F3N3O3/c25-13-9-7-12(8-10-13)22-14-3-1-6-19(33-24(29)32)15(14)11-18(30-22)21(23(28)31)20-16(26)4-2-5-17(20)27/h1-11,21H,(H2,28,31)(H2,29,32). The minimum atomic E-state index is -1.60. The molecule has 9 heteroatoms. The van der Waals surface area contributed by atoms with Crippen LogP contribution in [-0.2, 0) is 4.79 Å². The van der Waals surface area contributed by atoms with Crippen LogP contribution in [0.3, 0.4) is 0 Å². The molecule has 6 nitrogen and oxygen atoms in total. The molecule has 4 aromatic rings. The lowest BCUT2D eigenvalue weighted by Gasteiger charge is -2.18. The number of aromatic nitrogens is 1. The van der Waals surface area contributed by atoms with Crippen LogP contribution >= 0.6 is 0 Å². The first kappa shape index (κ1) is 21.8. The summed E-state index contributed by atoms with van der Waals surface area (Å²) in [4.78, 5) is 28.3. The summed E-state index contributed by atoms with van der Waals surface area (Å²) in [5, 5.41) is 0.741. The zero-order chi connectivity index (χ0) is 23.7. The third-order valence-electron chi connectivity index (χ3n) is 5.05. The molecule has 166 valence electrons. The molecule has 4 N–H and O–H groups in total. The molecule has 0 bridgehead atoms. The van der Waals surface area contributed by atoms with Gasteiger partial charge in [-0.3, -0.25) is 9.78 Å². The molecular weight excluding hydrogens is 435 g/mol. The van der Waals surface area contributed by atoms with Gasteiger partial charge in [-0.2, -0.15) is 0 Å². The van der Waals surface area contributed by atoms with E-state index in [-0.39, 0.29) is 22.5 Å². The van der Waals surface area contributed by atoms with Gasteiger partial charge in [0.15, 0.2) is 0 Å². The highest BCUT2D eigenvalue weighted by atomic mass is 19.1. The number of carbonyl (C=O) groups is 2. The molecule has 0 saturated heterocycles. The number of ether oxygens (including phenoxy) is 1. The number of nitrogens with two attached hydrogens (primary N) is 2. The average Bonchev–Trinajstić information content (AvgIpc) is 2.76. The van der Waals surface area contributed by atoms with E-state index < -0.39 is 40.9 Å². The molecule has 0 fully saturated rings. The van der Waals surface area contributed by atoms with Crippen LogP contribution < -0.4 is 16.2 Å². The van der Waals surface area contributed by atoms with Crippen LogP contribution in [0.25, 0.3) is 22.0 Å². The van der Waals surface area contributed by atoms with Crippen LogP contribution in [0.5, 0.6) is 5.75 Å². The molecule has 0 saturated carbocycles. The molecule has 1 aromatic heterocycles. The van der Waals surface area contributed by atoms with Crippen LogP contribution in [0.2, 0.25) is 0 Å². The van der Waals surface area contributed by atoms with Gasteiger partial charge in [0.1, 0.15) is 29.1 Å². The molecule has 1 unspecified atom stereocenters. The highest BCUT2D eigenvalue weighted by Gasteiger charge is 2.29. The first-order valence-corrected chi connectivity index (χ1v) is 9.66. The quantitative estimate of drug-likeness (QED) is 0.469. The van der Waals surface area contributed by atoms with E-state index in [0.29, 0.717) is 10.9 Å². The number of benzene rings is 3. The Bertz CT molecular complexity index is 1370. The van der Waals surface area contributed by atoms with Gasteiger partial charge in [0.2, 0.25) is 5.91 Å². The average molecular weight is 451 g/mol. The number of halogens is 3. The second-order valence-corrected chi connectivity index (χ2v) is 7.15. The summed E-state index contributed by atoms with van der Waals surface area (Å²) in [5.41, 5.74) is 10.7. The van der Waals surface area contributed by atoms with Gasteiger partial charge in [-0.05, 0) is 48.5 Å². The Morgan fingerprint density at radius 3 is 2.09 bits per heavy atom.